The van der Waals surface area contributed by atoms with Crippen LogP contribution in [-0.2, 0) is 38.1 Å². The SMILES string of the molecule is C1CCOC1.CC(=O)O[C@H]1CC[C@@]2(C)C(=CCC3C2CC[C@]2(C)C(OS(=O)(=O)C(F)(F)F)=CCC32)C1.CC(=O)O[C@H]1CC[C@@]2(C)C(=CCC3C2CC[C@]2(C)C(c4cccnc4)=CCC32)C1.CCB(CC)c1cccnc1. The molecule has 4 saturated carbocycles. The molecule has 0 spiro atoms. The first kappa shape index (κ1) is 57.9. The third-order valence-corrected chi connectivity index (χ3v) is 21.3. The molecule has 1 saturated heterocycles. The van der Waals surface area contributed by atoms with Crippen molar-refractivity contribution in [2.24, 2.45) is 57.2 Å². The van der Waals surface area contributed by atoms with Gasteiger partial charge in [0.15, 0.2) is 6.71 Å². The molecule has 15 heteroatoms. The lowest BCUT2D eigenvalue weighted by molar-refractivity contribution is -0.149. The molecule has 0 amide bonds. The Morgan fingerprint density at radius 2 is 1.17 bits per heavy atom. The predicted octanol–water partition coefficient (Wildman–Crippen LogP) is 13.8. The van der Waals surface area contributed by atoms with Gasteiger partial charge in [0, 0.05) is 70.1 Å². The molecule has 0 N–H and O–H groups in total. The van der Waals surface area contributed by atoms with Crippen molar-refractivity contribution in [1.29, 1.82) is 0 Å². The number of halogens is 3. The number of fused-ring (bicyclic) bond motifs is 10. The average Bonchev–Trinajstić information content (AvgIpc) is 4.16. The summed E-state index contributed by atoms with van der Waals surface area (Å²) in [7, 11) is -5.67. The van der Waals surface area contributed by atoms with Gasteiger partial charge in [-0.1, -0.05) is 101 Å². The van der Waals surface area contributed by atoms with Gasteiger partial charge in [-0.15, -0.1) is 0 Å². The number of carbonyl (C=O) groups excluding carboxylic acids is 2. The molecular weight excluding hydrogens is 989 g/mol. The topological polar surface area (TPSA) is 131 Å². The maximum Gasteiger partial charge on any atom is 0.534 e. The molecule has 8 aliphatic carbocycles. The van der Waals surface area contributed by atoms with Crippen LogP contribution in [0.4, 0.5) is 13.2 Å². The minimum Gasteiger partial charge on any atom is -0.462 e. The maximum atomic E-state index is 12.9. The summed E-state index contributed by atoms with van der Waals surface area (Å²) in [6.07, 6.45) is 34.8. The number of hydrogen-bond acceptors (Lipinski definition) is 10. The van der Waals surface area contributed by atoms with E-state index in [1.807, 2.05) is 37.8 Å². The Morgan fingerprint density at radius 1 is 0.671 bits per heavy atom. The van der Waals surface area contributed by atoms with E-state index >= 15 is 0 Å². The molecule has 10 nitrogen and oxygen atoms in total. The highest BCUT2D eigenvalue weighted by Gasteiger charge is 2.60. The van der Waals surface area contributed by atoms with Gasteiger partial charge < -0.3 is 18.4 Å². The minimum atomic E-state index is -5.67. The van der Waals surface area contributed by atoms with E-state index < -0.39 is 21.0 Å². The first-order valence-corrected chi connectivity index (χ1v) is 30.0. The molecule has 416 valence electrons. The second-order valence-electron chi connectivity index (χ2n) is 24.4. The van der Waals surface area contributed by atoms with E-state index in [2.05, 4.69) is 85.2 Å². The molecule has 76 heavy (non-hydrogen) atoms. The van der Waals surface area contributed by atoms with Crippen LogP contribution in [0.1, 0.15) is 164 Å². The molecule has 3 heterocycles. The summed E-state index contributed by atoms with van der Waals surface area (Å²) in [6.45, 7) is 19.2. The van der Waals surface area contributed by atoms with Gasteiger partial charge in [-0.25, -0.2) is 0 Å². The second kappa shape index (κ2) is 23.6. The number of allylic oxidation sites excluding steroid dienone is 6. The van der Waals surface area contributed by atoms with Gasteiger partial charge >= 0.3 is 27.6 Å². The second-order valence-corrected chi connectivity index (χ2v) is 25.9. The Hall–Kier alpha value is -4.24. The number of rotatable bonds is 8. The maximum absolute atomic E-state index is 12.9. The summed E-state index contributed by atoms with van der Waals surface area (Å²) in [5, 5.41) is 0. The molecule has 0 radical (unpaired) electrons. The monoisotopic (exact) mass is 1070 g/mol. The molecule has 2 aromatic heterocycles. The van der Waals surface area contributed by atoms with Gasteiger partial charge in [0.05, 0.1) is 0 Å². The number of alkyl halides is 3. The van der Waals surface area contributed by atoms with Crippen molar-refractivity contribution in [1.82, 2.24) is 9.97 Å². The summed E-state index contributed by atoms with van der Waals surface area (Å²) in [6, 6.07) is 8.46. The third kappa shape index (κ3) is 11.9. The van der Waals surface area contributed by atoms with Crippen LogP contribution in [0, 0.1) is 57.2 Å². The fourth-order valence-corrected chi connectivity index (χ4v) is 16.8. The Morgan fingerprint density at radius 3 is 1.63 bits per heavy atom. The number of esters is 2. The van der Waals surface area contributed by atoms with Crippen LogP contribution in [0.15, 0.2) is 90.3 Å². The van der Waals surface area contributed by atoms with E-state index in [0.717, 1.165) is 82.3 Å². The number of ether oxygens (including phenoxy) is 3. The summed E-state index contributed by atoms with van der Waals surface area (Å²) in [5.74, 6) is 2.48. The van der Waals surface area contributed by atoms with Crippen molar-refractivity contribution in [2.45, 2.75) is 188 Å². The number of pyridine rings is 2. The van der Waals surface area contributed by atoms with Crippen molar-refractivity contribution in [3.05, 3.63) is 95.8 Å². The van der Waals surface area contributed by atoms with Crippen LogP contribution in [0.5, 0.6) is 0 Å². The largest absolute Gasteiger partial charge is 0.534 e. The first-order chi connectivity index (χ1) is 36.1. The van der Waals surface area contributed by atoms with E-state index in [4.69, 9.17) is 14.2 Å². The quantitative estimate of drug-likeness (QED) is 0.0828. The first-order valence-electron chi connectivity index (χ1n) is 28.6. The van der Waals surface area contributed by atoms with Gasteiger partial charge in [0.1, 0.15) is 18.0 Å². The predicted molar refractivity (Wildman–Crippen MR) is 292 cm³/mol. The highest BCUT2D eigenvalue weighted by molar-refractivity contribution is 7.87. The van der Waals surface area contributed by atoms with Crippen LogP contribution in [0.3, 0.4) is 0 Å². The highest BCUT2D eigenvalue weighted by Crippen LogP contribution is 2.68. The Bertz CT molecular complexity index is 2590. The lowest BCUT2D eigenvalue weighted by Gasteiger charge is -2.57. The van der Waals surface area contributed by atoms with Crippen molar-refractivity contribution in [2.75, 3.05) is 13.2 Å². The van der Waals surface area contributed by atoms with Crippen LogP contribution in [-0.4, -0.2) is 68.0 Å². The lowest BCUT2D eigenvalue weighted by Crippen LogP contribution is -2.50. The summed E-state index contributed by atoms with van der Waals surface area (Å²) >= 11 is 0. The fourth-order valence-electron chi connectivity index (χ4n) is 16.2. The molecule has 1 aliphatic heterocycles. The molecule has 11 rings (SSSR count). The number of aromatic nitrogens is 2. The third-order valence-electron chi connectivity index (χ3n) is 20.3. The Labute approximate surface area is 452 Å². The molecule has 5 fully saturated rings. The molecule has 6 unspecified atom stereocenters. The van der Waals surface area contributed by atoms with Crippen molar-refractivity contribution in [3.63, 3.8) is 0 Å². The number of carbonyl (C=O) groups is 2. The smallest absolute Gasteiger partial charge is 0.462 e. The van der Waals surface area contributed by atoms with Crippen LogP contribution < -0.4 is 5.46 Å². The summed E-state index contributed by atoms with van der Waals surface area (Å²) in [4.78, 5) is 31.3. The summed E-state index contributed by atoms with van der Waals surface area (Å²) < 4.78 is 82.5. The molecule has 12 atom stereocenters. The van der Waals surface area contributed by atoms with Crippen molar-refractivity contribution < 1.29 is 49.6 Å². The van der Waals surface area contributed by atoms with Gasteiger partial charge in [0.2, 0.25) is 0 Å². The average molecular weight is 1070 g/mol. The molecule has 0 bridgehead atoms. The number of nitrogens with zero attached hydrogens (tertiary/aromatic N) is 2. The summed E-state index contributed by atoms with van der Waals surface area (Å²) in [5.41, 5.74) is 1.50. The lowest BCUT2D eigenvalue weighted by atomic mass is 9.42. The standard InChI is InChI=1S/C26H33NO2.C22H29F3O5S.C9H14BN.C4H8O/c1-17(28)29-20-10-12-25(2)19(15-20)6-7-21-23-9-8-22(18-5-4-14-27-16-18)26(23,3)13-11-24(21)25;1-13(26)29-15-8-10-20(2)14(12-15)4-5-16-17-6-7-19(21(17,3)11-9-18(16)20)30-31(27,28)22(23,24)25;1-3-10(4-2)9-6-5-7-11-8-9;1-2-4-5-3-1/h4-6,8,14,16,20-21,23-24H,7,9-13,15H2,1-3H3;4,7,15-18H,5-6,8-12H2,1-3H3;5-8H,3-4H2,1-2H3;1-4H2/t20-,21?,23?,24?,25-,26+;15-,16?,17?,18?,20-,21-;;/m00../s1. The molecular formula is C61H84BF3N2O8S. The van der Waals surface area contributed by atoms with Crippen molar-refractivity contribution in [3.8, 4) is 0 Å². The molecule has 2 aromatic rings. The number of hydrogen-bond donors (Lipinski definition) is 0. The van der Waals surface area contributed by atoms with Gasteiger partial charge in [0.25, 0.3) is 0 Å². The van der Waals surface area contributed by atoms with Gasteiger partial charge in [-0.05, 0) is 171 Å². The minimum absolute atomic E-state index is 0.0252. The zero-order valence-corrected chi connectivity index (χ0v) is 47.3. The fraction of sp³-hybridized carbons (Fsp3) is 0.672. The van der Waals surface area contributed by atoms with Crippen molar-refractivity contribution >= 4 is 39.8 Å². The molecule has 0 aromatic carbocycles. The van der Waals surface area contributed by atoms with Crippen LogP contribution in [0.25, 0.3) is 5.57 Å². The van der Waals surface area contributed by atoms with E-state index in [9.17, 15) is 31.2 Å². The molecule has 9 aliphatic rings. The Kier molecular flexibility index (Phi) is 18.0. The zero-order valence-electron chi connectivity index (χ0n) is 46.5. The normalized spacial score (nSPS) is 34.9. The Balaban J connectivity index is 0.000000157. The van der Waals surface area contributed by atoms with E-state index in [1.165, 1.54) is 87.2 Å². The highest BCUT2D eigenvalue weighted by atomic mass is 32.2. The van der Waals surface area contributed by atoms with E-state index in [-0.39, 0.29) is 58.0 Å². The van der Waals surface area contributed by atoms with Crippen LogP contribution in [0.2, 0.25) is 12.6 Å². The van der Waals surface area contributed by atoms with Gasteiger partial charge in [-0.3, -0.25) is 19.6 Å². The van der Waals surface area contributed by atoms with E-state index in [0.29, 0.717) is 25.5 Å². The zero-order chi connectivity index (χ0) is 54.7. The van der Waals surface area contributed by atoms with Gasteiger partial charge in [-0.2, -0.15) is 21.6 Å². The van der Waals surface area contributed by atoms with E-state index in [1.54, 1.807) is 11.6 Å². The van der Waals surface area contributed by atoms with Crippen LogP contribution >= 0.6 is 0 Å².